The first-order valence-corrected chi connectivity index (χ1v) is 8.66. The van der Waals surface area contributed by atoms with Gasteiger partial charge in [0.1, 0.15) is 0 Å². The maximum absolute atomic E-state index is 12.0. The Labute approximate surface area is 159 Å². The summed E-state index contributed by atoms with van der Waals surface area (Å²) in [5, 5.41) is 2.74. The second-order valence-corrected chi connectivity index (χ2v) is 6.16. The summed E-state index contributed by atoms with van der Waals surface area (Å²) in [5.41, 5.74) is 3.54. The molecular formula is C21H25NO5. The van der Waals surface area contributed by atoms with E-state index in [1.54, 1.807) is 26.4 Å². The molecule has 1 amide bonds. The average Bonchev–Trinajstić information content (AvgIpc) is 2.68. The van der Waals surface area contributed by atoms with Gasteiger partial charge in [-0.2, -0.15) is 0 Å². The number of hydrogen-bond donors (Lipinski definition) is 1. The van der Waals surface area contributed by atoms with Crippen LogP contribution in [-0.4, -0.2) is 39.2 Å². The van der Waals surface area contributed by atoms with E-state index >= 15 is 0 Å². The molecule has 0 atom stereocenters. The lowest BCUT2D eigenvalue weighted by molar-refractivity contribution is -0.124. The van der Waals surface area contributed by atoms with Crippen molar-refractivity contribution in [2.45, 2.75) is 20.3 Å². The molecule has 1 N–H and O–H groups in total. The highest BCUT2D eigenvalue weighted by molar-refractivity contribution is 5.91. The van der Waals surface area contributed by atoms with Crippen molar-refractivity contribution in [1.29, 1.82) is 0 Å². The van der Waals surface area contributed by atoms with Gasteiger partial charge in [0.2, 0.25) is 0 Å². The van der Waals surface area contributed by atoms with Crippen LogP contribution in [0.25, 0.3) is 0 Å². The maximum Gasteiger partial charge on any atom is 0.338 e. The van der Waals surface area contributed by atoms with Crippen LogP contribution in [0.3, 0.4) is 0 Å². The molecular weight excluding hydrogens is 346 g/mol. The van der Waals surface area contributed by atoms with E-state index in [1.165, 1.54) is 0 Å². The first kappa shape index (κ1) is 20.3. The summed E-state index contributed by atoms with van der Waals surface area (Å²) in [7, 11) is 3.16. The number of benzene rings is 2. The lowest BCUT2D eigenvalue weighted by Crippen LogP contribution is -2.30. The third kappa shape index (κ3) is 5.74. The van der Waals surface area contributed by atoms with Crippen LogP contribution in [0, 0.1) is 13.8 Å². The fourth-order valence-corrected chi connectivity index (χ4v) is 2.52. The SMILES string of the molecule is COc1ccc(CCNC(=O)COC(=O)c2ccc(C)c(C)c2)cc1OC. The highest BCUT2D eigenvalue weighted by Gasteiger charge is 2.11. The Morgan fingerprint density at radius 2 is 1.67 bits per heavy atom. The number of carbonyl (C=O) groups excluding carboxylic acids is 2. The number of esters is 1. The molecule has 6 nitrogen and oxygen atoms in total. The Morgan fingerprint density at radius 1 is 0.926 bits per heavy atom. The van der Waals surface area contributed by atoms with E-state index in [4.69, 9.17) is 14.2 Å². The molecule has 0 aliphatic carbocycles. The Bertz CT molecular complexity index is 816. The fourth-order valence-electron chi connectivity index (χ4n) is 2.52. The number of ether oxygens (including phenoxy) is 3. The van der Waals surface area contributed by atoms with Crippen molar-refractivity contribution < 1.29 is 23.8 Å². The molecule has 0 bridgehead atoms. The fraction of sp³-hybridized carbons (Fsp3) is 0.333. The molecule has 2 aromatic carbocycles. The standard InChI is InChI=1S/C21H25NO5/c1-14-5-7-17(11-15(14)2)21(24)27-13-20(23)22-10-9-16-6-8-18(25-3)19(12-16)26-4/h5-8,11-12H,9-10,13H2,1-4H3,(H,22,23). The number of amides is 1. The first-order chi connectivity index (χ1) is 12.9. The highest BCUT2D eigenvalue weighted by Crippen LogP contribution is 2.27. The Hall–Kier alpha value is -3.02. The van der Waals surface area contributed by atoms with Gasteiger partial charge in [-0.25, -0.2) is 4.79 Å². The quantitative estimate of drug-likeness (QED) is 0.723. The number of carbonyl (C=O) groups is 2. The van der Waals surface area contributed by atoms with Crippen LogP contribution < -0.4 is 14.8 Å². The van der Waals surface area contributed by atoms with Crippen molar-refractivity contribution in [2.24, 2.45) is 0 Å². The minimum atomic E-state index is -0.506. The Kier molecular flexibility index (Phi) is 7.23. The van der Waals surface area contributed by atoms with Crippen LogP contribution in [-0.2, 0) is 16.0 Å². The predicted molar refractivity (Wildman–Crippen MR) is 102 cm³/mol. The summed E-state index contributed by atoms with van der Waals surface area (Å²) in [6.07, 6.45) is 0.622. The molecule has 0 unspecified atom stereocenters. The summed E-state index contributed by atoms with van der Waals surface area (Å²) in [4.78, 5) is 23.9. The van der Waals surface area contributed by atoms with E-state index in [1.807, 2.05) is 38.1 Å². The number of nitrogens with one attached hydrogen (secondary N) is 1. The van der Waals surface area contributed by atoms with Crippen LogP contribution in [0.15, 0.2) is 36.4 Å². The lowest BCUT2D eigenvalue weighted by Gasteiger charge is -2.10. The van der Waals surface area contributed by atoms with Crippen molar-refractivity contribution in [1.82, 2.24) is 5.32 Å². The number of methoxy groups -OCH3 is 2. The second kappa shape index (κ2) is 9.62. The number of rotatable bonds is 8. The first-order valence-electron chi connectivity index (χ1n) is 8.66. The van der Waals surface area contributed by atoms with Crippen LogP contribution in [0.1, 0.15) is 27.0 Å². The van der Waals surface area contributed by atoms with Crippen molar-refractivity contribution >= 4 is 11.9 Å². The zero-order valence-corrected chi connectivity index (χ0v) is 16.1. The van der Waals surface area contributed by atoms with Crippen molar-refractivity contribution in [2.75, 3.05) is 27.4 Å². The zero-order valence-electron chi connectivity index (χ0n) is 16.1. The van der Waals surface area contributed by atoms with Gasteiger partial charge in [-0.15, -0.1) is 0 Å². The molecule has 0 spiro atoms. The molecule has 2 rings (SSSR count). The van der Waals surface area contributed by atoms with Crippen LogP contribution in [0.2, 0.25) is 0 Å². The summed E-state index contributed by atoms with van der Waals surface area (Å²) in [5.74, 6) is 0.452. The van der Waals surface area contributed by atoms with Gasteiger partial charge in [-0.05, 0) is 61.2 Å². The lowest BCUT2D eigenvalue weighted by atomic mass is 10.1. The molecule has 0 aliphatic heterocycles. The molecule has 6 heteroatoms. The van der Waals surface area contributed by atoms with Crippen molar-refractivity contribution in [3.63, 3.8) is 0 Å². The summed E-state index contributed by atoms with van der Waals surface area (Å²) in [6.45, 7) is 4.01. The van der Waals surface area contributed by atoms with Gasteiger partial charge in [0.25, 0.3) is 5.91 Å². The van der Waals surface area contributed by atoms with Gasteiger partial charge in [0.15, 0.2) is 18.1 Å². The summed E-state index contributed by atoms with van der Waals surface area (Å²) >= 11 is 0. The molecule has 0 saturated heterocycles. The van der Waals surface area contributed by atoms with E-state index in [0.29, 0.717) is 30.0 Å². The number of hydrogen-bond acceptors (Lipinski definition) is 5. The molecule has 0 aliphatic rings. The van der Waals surface area contributed by atoms with E-state index < -0.39 is 5.97 Å². The monoisotopic (exact) mass is 371 g/mol. The Morgan fingerprint density at radius 3 is 2.33 bits per heavy atom. The topological polar surface area (TPSA) is 73.9 Å². The number of aryl methyl sites for hydroxylation is 2. The van der Waals surface area contributed by atoms with Crippen LogP contribution in [0.5, 0.6) is 11.5 Å². The average molecular weight is 371 g/mol. The van der Waals surface area contributed by atoms with Gasteiger partial charge in [-0.1, -0.05) is 12.1 Å². The third-order valence-corrected chi connectivity index (χ3v) is 4.26. The van der Waals surface area contributed by atoms with Crippen molar-refractivity contribution in [3.8, 4) is 11.5 Å². The van der Waals surface area contributed by atoms with Gasteiger partial charge in [0.05, 0.1) is 19.8 Å². The van der Waals surface area contributed by atoms with Crippen LogP contribution >= 0.6 is 0 Å². The molecule has 0 saturated carbocycles. The van der Waals surface area contributed by atoms with Crippen molar-refractivity contribution in [3.05, 3.63) is 58.7 Å². The van der Waals surface area contributed by atoms with Gasteiger partial charge in [-0.3, -0.25) is 4.79 Å². The minimum Gasteiger partial charge on any atom is -0.493 e. The molecule has 0 heterocycles. The molecule has 0 aromatic heterocycles. The summed E-state index contributed by atoms with van der Waals surface area (Å²) < 4.78 is 15.5. The van der Waals surface area contributed by atoms with Gasteiger partial charge >= 0.3 is 5.97 Å². The largest absolute Gasteiger partial charge is 0.493 e. The summed E-state index contributed by atoms with van der Waals surface area (Å²) in [6, 6.07) is 10.9. The molecule has 2 aromatic rings. The van der Waals surface area contributed by atoms with Gasteiger partial charge < -0.3 is 19.5 Å². The van der Waals surface area contributed by atoms with E-state index in [0.717, 1.165) is 16.7 Å². The molecule has 144 valence electrons. The predicted octanol–water partition coefficient (Wildman–Crippen LogP) is 2.84. The molecule has 27 heavy (non-hydrogen) atoms. The maximum atomic E-state index is 12.0. The molecule has 0 fully saturated rings. The highest BCUT2D eigenvalue weighted by atomic mass is 16.5. The van der Waals surface area contributed by atoms with Crippen LogP contribution in [0.4, 0.5) is 0 Å². The van der Waals surface area contributed by atoms with Gasteiger partial charge in [0, 0.05) is 6.54 Å². The zero-order chi connectivity index (χ0) is 19.8. The normalized spacial score (nSPS) is 10.2. The molecule has 0 radical (unpaired) electrons. The second-order valence-electron chi connectivity index (χ2n) is 6.16. The smallest absolute Gasteiger partial charge is 0.338 e. The minimum absolute atomic E-state index is 0.308. The van der Waals surface area contributed by atoms with E-state index in [2.05, 4.69) is 5.32 Å². The Balaban J connectivity index is 1.77. The van der Waals surface area contributed by atoms with E-state index in [-0.39, 0.29) is 12.5 Å². The third-order valence-electron chi connectivity index (χ3n) is 4.26. The van der Waals surface area contributed by atoms with E-state index in [9.17, 15) is 9.59 Å².